The van der Waals surface area contributed by atoms with E-state index in [1.165, 1.54) is 0 Å². The zero-order valence-corrected chi connectivity index (χ0v) is 14.6. The quantitative estimate of drug-likeness (QED) is 0.894. The second kappa shape index (κ2) is 7.57. The number of nitrogens with one attached hydrogen (secondary N) is 1. The first-order chi connectivity index (χ1) is 12.0. The van der Waals surface area contributed by atoms with E-state index in [9.17, 15) is 9.59 Å². The topological polar surface area (TPSA) is 58.6 Å². The predicted octanol–water partition coefficient (Wildman–Crippen LogP) is 2.81. The first-order valence-electron chi connectivity index (χ1n) is 8.03. The third-order valence-corrected chi connectivity index (χ3v) is 4.40. The van der Waals surface area contributed by atoms with E-state index in [4.69, 9.17) is 16.3 Å². The van der Waals surface area contributed by atoms with Crippen molar-refractivity contribution in [3.63, 3.8) is 0 Å². The Morgan fingerprint density at radius 1 is 1.20 bits per heavy atom. The SMILES string of the molecule is COc1ccc(N2C[C@@H](NC(=O)Cc3ccc(Cl)cc3)CC2=O)cc1. The van der Waals surface area contributed by atoms with Gasteiger partial charge in [0.2, 0.25) is 11.8 Å². The Bertz CT molecular complexity index is 759. The van der Waals surface area contributed by atoms with E-state index < -0.39 is 0 Å². The number of carbonyl (C=O) groups is 2. The molecule has 0 aromatic heterocycles. The number of halogens is 1. The summed E-state index contributed by atoms with van der Waals surface area (Å²) >= 11 is 5.84. The molecule has 0 spiro atoms. The van der Waals surface area contributed by atoms with Gasteiger partial charge in [-0.15, -0.1) is 0 Å². The Morgan fingerprint density at radius 3 is 2.52 bits per heavy atom. The monoisotopic (exact) mass is 358 g/mol. The second-order valence-corrected chi connectivity index (χ2v) is 6.41. The standard InChI is InChI=1S/C19H19ClN2O3/c1-25-17-8-6-16(7-9-17)22-12-15(11-19(22)24)21-18(23)10-13-2-4-14(20)5-3-13/h2-9,15H,10-12H2,1H3,(H,21,23)/t15-/m0/s1. The molecule has 1 heterocycles. The molecule has 25 heavy (non-hydrogen) atoms. The highest BCUT2D eigenvalue weighted by molar-refractivity contribution is 6.30. The van der Waals surface area contributed by atoms with Gasteiger partial charge in [-0.1, -0.05) is 23.7 Å². The molecule has 0 unspecified atom stereocenters. The summed E-state index contributed by atoms with van der Waals surface area (Å²) in [6, 6.07) is 14.3. The lowest BCUT2D eigenvalue weighted by Gasteiger charge is -2.17. The van der Waals surface area contributed by atoms with Gasteiger partial charge in [0.25, 0.3) is 0 Å². The van der Waals surface area contributed by atoms with E-state index in [1.54, 1.807) is 24.1 Å². The minimum absolute atomic E-state index is 0.00181. The third kappa shape index (κ3) is 4.31. The van der Waals surface area contributed by atoms with Crippen LogP contribution in [0.4, 0.5) is 5.69 Å². The first-order valence-corrected chi connectivity index (χ1v) is 8.41. The van der Waals surface area contributed by atoms with Crippen molar-refractivity contribution in [1.29, 1.82) is 0 Å². The maximum absolute atomic E-state index is 12.2. The van der Waals surface area contributed by atoms with E-state index in [0.717, 1.165) is 17.0 Å². The van der Waals surface area contributed by atoms with Crippen molar-refractivity contribution < 1.29 is 14.3 Å². The Hall–Kier alpha value is -2.53. The highest BCUT2D eigenvalue weighted by Gasteiger charge is 2.31. The molecule has 130 valence electrons. The largest absolute Gasteiger partial charge is 0.497 e. The van der Waals surface area contributed by atoms with Gasteiger partial charge in [-0.05, 0) is 42.0 Å². The smallest absolute Gasteiger partial charge is 0.229 e. The van der Waals surface area contributed by atoms with Crippen LogP contribution in [0.15, 0.2) is 48.5 Å². The van der Waals surface area contributed by atoms with Crippen LogP contribution in [0.3, 0.4) is 0 Å². The highest BCUT2D eigenvalue weighted by atomic mass is 35.5. The van der Waals surface area contributed by atoms with Crippen LogP contribution in [-0.2, 0) is 16.0 Å². The molecule has 0 bridgehead atoms. The molecular weight excluding hydrogens is 340 g/mol. The fraction of sp³-hybridized carbons (Fsp3) is 0.263. The van der Waals surface area contributed by atoms with Crippen LogP contribution in [0.25, 0.3) is 0 Å². The van der Waals surface area contributed by atoms with E-state index in [-0.39, 0.29) is 24.3 Å². The molecule has 0 aliphatic carbocycles. The number of nitrogens with zero attached hydrogens (tertiary/aromatic N) is 1. The maximum Gasteiger partial charge on any atom is 0.229 e. The number of hydrogen-bond acceptors (Lipinski definition) is 3. The zero-order chi connectivity index (χ0) is 17.8. The molecule has 1 fully saturated rings. The van der Waals surface area contributed by atoms with Gasteiger partial charge in [0, 0.05) is 23.7 Å². The summed E-state index contributed by atoms with van der Waals surface area (Å²) in [5, 5.41) is 3.58. The second-order valence-electron chi connectivity index (χ2n) is 5.97. The highest BCUT2D eigenvalue weighted by Crippen LogP contribution is 2.24. The van der Waals surface area contributed by atoms with Gasteiger partial charge in [0.15, 0.2) is 0 Å². The summed E-state index contributed by atoms with van der Waals surface area (Å²) in [5.74, 6) is 0.641. The van der Waals surface area contributed by atoms with Crippen molar-refractivity contribution in [2.45, 2.75) is 18.9 Å². The van der Waals surface area contributed by atoms with Crippen LogP contribution in [0.5, 0.6) is 5.75 Å². The van der Waals surface area contributed by atoms with E-state index in [2.05, 4.69) is 5.32 Å². The van der Waals surface area contributed by atoms with Crippen molar-refractivity contribution in [1.82, 2.24) is 5.32 Å². The van der Waals surface area contributed by atoms with E-state index in [0.29, 0.717) is 18.0 Å². The van der Waals surface area contributed by atoms with Crippen molar-refractivity contribution in [2.75, 3.05) is 18.6 Å². The molecule has 2 aromatic rings. The van der Waals surface area contributed by atoms with E-state index >= 15 is 0 Å². The Labute approximate surface area is 151 Å². The molecule has 1 aliphatic heterocycles. The molecule has 3 rings (SSSR count). The lowest BCUT2D eigenvalue weighted by molar-refractivity contribution is -0.121. The van der Waals surface area contributed by atoms with Gasteiger partial charge < -0.3 is 15.0 Å². The maximum atomic E-state index is 12.2. The summed E-state index contributed by atoms with van der Waals surface area (Å²) < 4.78 is 5.13. The molecule has 2 aromatic carbocycles. The average Bonchev–Trinajstić information content (AvgIpc) is 2.97. The van der Waals surface area contributed by atoms with Crippen LogP contribution in [0.1, 0.15) is 12.0 Å². The van der Waals surface area contributed by atoms with Crippen LogP contribution in [0, 0.1) is 0 Å². The summed E-state index contributed by atoms with van der Waals surface area (Å²) in [5.41, 5.74) is 1.69. The van der Waals surface area contributed by atoms with E-state index in [1.807, 2.05) is 36.4 Å². The Kier molecular flexibility index (Phi) is 5.24. The van der Waals surface area contributed by atoms with Gasteiger partial charge >= 0.3 is 0 Å². The molecule has 1 saturated heterocycles. The number of ether oxygens (including phenoxy) is 1. The number of rotatable bonds is 5. The summed E-state index contributed by atoms with van der Waals surface area (Å²) in [4.78, 5) is 26.1. The number of methoxy groups -OCH3 is 1. The fourth-order valence-electron chi connectivity index (χ4n) is 2.88. The average molecular weight is 359 g/mol. The minimum Gasteiger partial charge on any atom is -0.497 e. The number of benzene rings is 2. The molecule has 1 N–H and O–H groups in total. The number of amides is 2. The van der Waals surface area contributed by atoms with Crippen molar-refractivity contribution >= 4 is 29.1 Å². The third-order valence-electron chi connectivity index (χ3n) is 4.15. The first kappa shape index (κ1) is 17.3. The number of hydrogen-bond donors (Lipinski definition) is 1. The molecule has 1 aliphatic rings. The molecular formula is C19H19ClN2O3. The van der Waals surface area contributed by atoms with Crippen LogP contribution >= 0.6 is 11.6 Å². The molecule has 5 nitrogen and oxygen atoms in total. The van der Waals surface area contributed by atoms with Crippen LogP contribution in [0.2, 0.25) is 5.02 Å². The molecule has 6 heteroatoms. The van der Waals surface area contributed by atoms with Gasteiger partial charge in [-0.2, -0.15) is 0 Å². The molecule has 1 atom stereocenters. The van der Waals surface area contributed by atoms with Crippen LogP contribution in [-0.4, -0.2) is 31.5 Å². The Balaban J connectivity index is 1.58. The lowest BCUT2D eigenvalue weighted by Crippen LogP contribution is -2.38. The number of carbonyl (C=O) groups excluding carboxylic acids is 2. The molecule has 0 saturated carbocycles. The summed E-state index contributed by atoms with van der Waals surface area (Å²) in [6.45, 7) is 0.470. The molecule has 0 radical (unpaired) electrons. The summed E-state index contributed by atoms with van der Waals surface area (Å²) in [7, 11) is 1.60. The zero-order valence-electron chi connectivity index (χ0n) is 13.9. The Morgan fingerprint density at radius 2 is 1.88 bits per heavy atom. The summed E-state index contributed by atoms with van der Waals surface area (Å²) in [6.07, 6.45) is 0.572. The van der Waals surface area contributed by atoms with Crippen LogP contribution < -0.4 is 15.0 Å². The van der Waals surface area contributed by atoms with Crippen molar-refractivity contribution in [3.05, 3.63) is 59.1 Å². The molecule has 2 amide bonds. The predicted molar refractivity (Wildman–Crippen MR) is 97.1 cm³/mol. The van der Waals surface area contributed by atoms with Gasteiger partial charge in [0.1, 0.15) is 5.75 Å². The fourth-order valence-corrected chi connectivity index (χ4v) is 3.01. The normalized spacial score (nSPS) is 16.8. The van der Waals surface area contributed by atoms with Crippen molar-refractivity contribution in [2.24, 2.45) is 0 Å². The van der Waals surface area contributed by atoms with Gasteiger partial charge in [-0.25, -0.2) is 0 Å². The minimum atomic E-state index is -0.186. The number of anilines is 1. The lowest BCUT2D eigenvalue weighted by atomic mass is 10.1. The van der Waals surface area contributed by atoms with Gasteiger partial charge in [0.05, 0.1) is 19.6 Å². The van der Waals surface area contributed by atoms with Crippen molar-refractivity contribution in [3.8, 4) is 5.75 Å². The van der Waals surface area contributed by atoms with Gasteiger partial charge in [-0.3, -0.25) is 9.59 Å².